The molecule has 9 nitrogen and oxygen atoms in total. The number of piperazine rings is 1. The van der Waals surface area contributed by atoms with Crippen LogP contribution in [0.1, 0.15) is 25.7 Å². The van der Waals surface area contributed by atoms with Crippen LogP contribution in [0.15, 0.2) is 48.9 Å². The third kappa shape index (κ3) is 5.99. The van der Waals surface area contributed by atoms with E-state index in [1.165, 1.54) is 0 Å². The molecule has 4 heterocycles. The highest BCUT2D eigenvalue weighted by molar-refractivity contribution is 7.22. The van der Waals surface area contributed by atoms with Crippen LogP contribution in [0.25, 0.3) is 21.5 Å². The van der Waals surface area contributed by atoms with Crippen molar-refractivity contribution in [3.63, 3.8) is 0 Å². The highest BCUT2D eigenvalue weighted by Crippen LogP contribution is 2.33. The topological polar surface area (TPSA) is 91.6 Å². The molecule has 10 heteroatoms. The average molecular weight is 534 g/mol. The average Bonchev–Trinajstić information content (AvgIpc) is 3.56. The second-order valence-corrected chi connectivity index (χ2v) is 11.4. The van der Waals surface area contributed by atoms with E-state index in [9.17, 15) is 5.11 Å². The van der Waals surface area contributed by atoms with Crippen LogP contribution in [0, 0.1) is 0 Å². The summed E-state index contributed by atoms with van der Waals surface area (Å²) in [6.07, 6.45) is 9.46. The molecule has 2 N–H and O–H groups in total. The van der Waals surface area contributed by atoms with Crippen molar-refractivity contribution in [2.24, 2.45) is 0 Å². The standard InChI is InChI=1S/C28H35N7O2S/c1-33-10-12-34(13-11-33)14-15-35-19-20(18-30-35)25-16-22(8-9-29-25)37-21-6-7-24-27(17-21)38-28(32-24)31-23-4-2-3-5-26(23)36/h6-9,16-19,23,26,36H,2-5,10-15H2,1H3,(H,31,32)/t23-,26-/m1/s1. The lowest BCUT2D eigenvalue weighted by Gasteiger charge is -2.32. The number of likely N-dealkylation sites (N-methyl/N-ethyl adjacent to an activating group) is 1. The van der Waals surface area contributed by atoms with Gasteiger partial charge < -0.3 is 20.1 Å². The predicted molar refractivity (Wildman–Crippen MR) is 151 cm³/mol. The fourth-order valence-electron chi connectivity index (χ4n) is 5.17. The largest absolute Gasteiger partial charge is 0.457 e. The molecule has 0 spiro atoms. The minimum Gasteiger partial charge on any atom is -0.457 e. The first kappa shape index (κ1) is 25.2. The Kier molecular flexibility index (Phi) is 7.55. The number of hydrogen-bond donors (Lipinski definition) is 2. The molecule has 4 aromatic rings. The molecular formula is C28H35N7O2S. The number of aromatic nitrogens is 4. The summed E-state index contributed by atoms with van der Waals surface area (Å²) in [5.74, 6) is 1.48. The second-order valence-electron chi connectivity index (χ2n) is 10.4. The zero-order valence-corrected chi connectivity index (χ0v) is 22.6. The fraction of sp³-hybridized carbons (Fsp3) is 0.464. The van der Waals surface area contributed by atoms with Crippen LogP contribution in [0.4, 0.5) is 5.13 Å². The summed E-state index contributed by atoms with van der Waals surface area (Å²) >= 11 is 1.59. The highest BCUT2D eigenvalue weighted by Gasteiger charge is 2.23. The van der Waals surface area contributed by atoms with Gasteiger partial charge in [-0.2, -0.15) is 5.10 Å². The van der Waals surface area contributed by atoms with Gasteiger partial charge in [0.1, 0.15) is 11.5 Å². The molecule has 200 valence electrons. The van der Waals surface area contributed by atoms with E-state index in [0.717, 1.165) is 103 Å². The molecule has 1 aromatic carbocycles. The Morgan fingerprint density at radius 2 is 1.89 bits per heavy atom. The summed E-state index contributed by atoms with van der Waals surface area (Å²) in [5, 5.41) is 19.1. The molecule has 2 atom stereocenters. The zero-order valence-electron chi connectivity index (χ0n) is 21.8. The summed E-state index contributed by atoms with van der Waals surface area (Å²) in [6, 6.07) is 9.84. The van der Waals surface area contributed by atoms with Gasteiger partial charge in [0.15, 0.2) is 5.13 Å². The number of anilines is 1. The van der Waals surface area contributed by atoms with Crippen LogP contribution in [0.3, 0.4) is 0 Å². The Labute approximate surface area is 227 Å². The van der Waals surface area contributed by atoms with Crippen molar-refractivity contribution in [2.45, 2.75) is 44.4 Å². The Bertz CT molecular complexity index is 1360. The summed E-state index contributed by atoms with van der Waals surface area (Å²) in [4.78, 5) is 14.1. The lowest BCUT2D eigenvalue weighted by atomic mass is 9.93. The molecular weight excluding hydrogens is 498 g/mol. The van der Waals surface area contributed by atoms with Crippen molar-refractivity contribution >= 4 is 26.7 Å². The molecule has 0 bridgehead atoms. The number of nitrogens with one attached hydrogen (secondary N) is 1. The molecule has 2 aliphatic rings. The maximum atomic E-state index is 10.3. The maximum absolute atomic E-state index is 10.3. The summed E-state index contributed by atoms with van der Waals surface area (Å²) in [5.41, 5.74) is 2.74. The van der Waals surface area contributed by atoms with E-state index < -0.39 is 0 Å². The molecule has 0 radical (unpaired) electrons. The SMILES string of the molecule is CN1CCN(CCn2cc(-c3cc(Oc4ccc5nc(N[C@@H]6CCCC[C@H]6O)sc5c4)ccn3)cn2)CC1. The van der Waals surface area contributed by atoms with Gasteiger partial charge in [0.25, 0.3) is 0 Å². The van der Waals surface area contributed by atoms with Crippen LogP contribution in [0.2, 0.25) is 0 Å². The fourth-order valence-corrected chi connectivity index (χ4v) is 6.13. The number of aliphatic hydroxyl groups is 1. The highest BCUT2D eigenvalue weighted by atomic mass is 32.1. The zero-order chi connectivity index (χ0) is 25.9. The summed E-state index contributed by atoms with van der Waals surface area (Å²) in [7, 11) is 2.18. The van der Waals surface area contributed by atoms with Gasteiger partial charge in [0.2, 0.25) is 0 Å². The van der Waals surface area contributed by atoms with Gasteiger partial charge in [-0.05, 0) is 38.1 Å². The quantitative estimate of drug-likeness (QED) is 0.346. The number of nitrogens with zero attached hydrogens (tertiary/aromatic N) is 6. The molecule has 0 amide bonds. The summed E-state index contributed by atoms with van der Waals surface area (Å²) < 4.78 is 9.25. The van der Waals surface area contributed by atoms with Gasteiger partial charge >= 0.3 is 0 Å². The number of aliphatic hydroxyl groups excluding tert-OH is 1. The van der Waals surface area contributed by atoms with E-state index in [-0.39, 0.29) is 12.1 Å². The number of benzene rings is 1. The van der Waals surface area contributed by atoms with Crippen molar-refractivity contribution in [1.29, 1.82) is 0 Å². The van der Waals surface area contributed by atoms with E-state index >= 15 is 0 Å². The first-order valence-electron chi connectivity index (χ1n) is 13.5. The van der Waals surface area contributed by atoms with E-state index in [1.54, 1.807) is 17.5 Å². The van der Waals surface area contributed by atoms with Crippen molar-refractivity contribution in [2.75, 3.05) is 45.1 Å². The Hall–Kier alpha value is -3.05. The summed E-state index contributed by atoms with van der Waals surface area (Å²) in [6.45, 7) is 6.34. The molecule has 1 saturated carbocycles. The molecule has 1 aliphatic heterocycles. The van der Waals surface area contributed by atoms with Crippen molar-refractivity contribution in [3.05, 3.63) is 48.9 Å². The van der Waals surface area contributed by atoms with E-state index in [0.29, 0.717) is 0 Å². The molecule has 0 unspecified atom stereocenters. The van der Waals surface area contributed by atoms with Crippen LogP contribution < -0.4 is 10.1 Å². The number of hydrogen-bond acceptors (Lipinski definition) is 9. The molecule has 38 heavy (non-hydrogen) atoms. The predicted octanol–water partition coefficient (Wildman–Crippen LogP) is 4.31. The Morgan fingerprint density at radius 1 is 1.05 bits per heavy atom. The Morgan fingerprint density at radius 3 is 2.76 bits per heavy atom. The van der Waals surface area contributed by atoms with Gasteiger partial charge in [0.05, 0.1) is 40.8 Å². The van der Waals surface area contributed by atoms with Gasteiger partial charge in [-0.25, -0.2) is 4.98 Å². The maximum Gasteiger partial charge on any atom is 0.184 e. The van der Waals surface area contributed by atoms with Crippen molar-refractivity contribution < 1.29 is 9.84 Å². The van der Waals surface area contributed by atoms with Gasteiger partial charge in [0, 0.05) is 62.8 Å². The molecule has 6 rings (SSSR count). The van der Waals surface area contributed by atoms with Crippen LogP contribution in [-0.4, -0.2) is 86.6 Å². The van der Waals surface area contributed by atoms with Gasteiger partial charge in [-0.15, -0.1) is 0 Å². The Balaban J connectivity index is 1.09. The second kappa shape index (κ2) is 11.4. The smallest absolute Gasteiger partial charge is 0.184 e. The van der Waals surface area contributed by atoms with Gasteiger partial charge in [-0.1, -0.05) is 24.2 Å². The van der Waals surface area contributed by atoms with Crippen molar-refractivity contribution in [1.82, 2.24) is 29.5 Å². The third-order valence-electron chi connectivity index (χ3n) is 7.54. The normalized spacial score (nSPS) is 21.1. The number of thiazole rings is 1. The minimum atomic E-state index is -0.306. The van der Waals surface area contributed by atoms with E-state index in [2.05, 4.69) is 38.4 Å². The molecule has 1 saturated heterocycles. The number of ether oxygens (including phenoxy) is 1. The lowest BCUT2D eigenvalue weighted by Crippen LogP contribution is -2.45. The third-order valence-corrected chi connectivity index (χ3v) is 8.48. The molecule has 2 fully saturated rings. The molecule has 3 aromatic heterocycles. The first-order chi connectivity index (χ1) is 18.6. The lowest BCUT2D eigenvalue weighted by molar-refractivity contribution is 0.116. The number of pyridine rings is 1. The number of rotatable bonds is 8. The monoisotopic (exact) mass is 533 g/mol. The first-order valence-corrected chi connectivity index (χ1v) is 14.3. The molecule has 1 aliphatic carbocycles. The minimum absolute atomic E-state index is 0.0754. The van der Waals surface area contributed by atoms with Crippen LogP contribution >= 0.6 is 11.3 Å². The van der Waals surface area contributed by atoms with E-state index in [4.69, 9.17) is 9.72 Å². The van der Waals surface area contributed by atoms with Gasteiger partial charge in [-0.3, -0.25) is 14.6 Å². The number of fused-ring (bicyclic) bond motifs is 1. The van der Waals surface area contributed by atoms with Crippen molar-refractivity contribution in [3.8, 4) is 22.8 Å². The van der Waals surface area contributed by atoms with Crippen LogP contribution in [0.5, 0.6) is 11.5 Å². The van der Waals surface area contributed by atoms with E-state index in [1.807, 2.05) is 41.2 Å². The van der Waals surface area contributed by atoms with Crippen LogP contribution in [-0.2, 0) is 6.54 Å².